The highest BCUT2D eigenvalue weighted by Gasteiger charge is 2.29. The Bertz CT molecular complexity index is 325. The zero-order valence-electron chi connectivity index (χ0n) is 8.69. The number of nitrogens with one attached hydrogen (secondary N) is 2. The van der Waals surface area contributed by atoms with Gasteiger partial charge in [0.15, 0.2) is 0 Å². The van der Waals surface area contributed by atoms with Crippen LogP contribution in [-0.2, 0) is 11.3 Å². The molecule has 2 N–H and O–H groups in total. The molecular formula is C10H15N3OS. The van der Waals surface area contributed by atoms with Gasteiger partial charge in [0, 0.05) is 11.9 Å². The van der Waals surface area contributed by atoms with Crippen LogP contribution < -0.4 is 10.6 Å². The summed E-state index contributed by atoms with van der Waals surface area (Å²) in [6.07, 6.45) is 0. The minimum atomic E-state index is 0.114. The first-order valence-electron chi connectivity index (χ1n) is 5.13. The lowest BCUT2D eigenvalue weighted by atomic mass is 9.97. The van der Waals surface area contributed by atoms with Crippen molar-refractivity contribution in [2.45, 2.75) is 13.5 Å². The van der Waals surface area contributed by atoms with E-state index < -0.39 is 0 Å². The first-order valence-corrected chi connectivity index (χ1v) is 6.07. The topological polar surface area (TPSA) is 54.0 Å². The van der Waals surface area contributed by atoms with Gasteiger partial charge >= 0.3 is 0 Å². The molecule has 15 heavy (non-hydrogen) atoms. The van der Waals surface area contributed by atoms with Gasteiger partial charge in [-0.25, -0.2) is 4.98 Å². The largest absolute Gasteiger partial charge is 0.350 e. The number of rotatable bonds is 3. The first-order chi connectivity index (χ1) is 7.27. The molecule has 1 aromatic heterocycles. The summed E-state index contributed by atoms with van der Waals surface area (Å²) in [7, 11) is 0. The maximum absolute atomic E-state index is 11.8. The molecule has 0 aromatic carbocycles. The normalized spacial score (nSPS) is 25.4. The number of carbonyl (C=O) groups is 1. The minimum Gasteiger partial charge on any atom is -0.350 e. The van der Waals surface area contributed by atoms with Crippen LogP contribution in [0.1, 0.15) is 12.6 Å². The fourth-order valence-electron chi connectivity index (χ4n) is 1.79. The molecule has 1 fully saturated rings. The van der Waals surface area contributed by atoms with Crippen LogP contribution in [0.5, 0.6) is 0 Å². The van der Waals surface area contributed by atoms with Gasteiger partial charge in [-0.2, -0.15) is 0 Å². The number of thiazole rings is 1. The fourth-order valence-corrected chi connectivity index (χ4v) is 2.35. The molecule has 0 radical (unpaired) electrons. The molecule has 0 aliphatic carbocycles. The van der Waals surface area contributed by atoms with E-state index in [2.05, 4.69) is 22.5 Å². The SMILES string of the molecule is CC1CNCC1C(=O)NCc1cscn1. The van der Waals surface area contributed by atoms with Crippen LogP contribution in [0.15, 0.2) is 10.9 Å². The molecule has 0 saturated carbocycles. The Morgan fingerprint density at radius 2 is 2.60 bits per heavy atom. The van der Waals surface area contributed by atoms with Crippen molar-refractivity contribution in [1.82, 2.24) is 15.6 Å². The molecule has 1 aliphatic heterocycles. The molecular weight excluding hydrogens is 210 g/mol. The summed E-state index contributed by atoms with van der Waals surface area (Å²) in [4.78, 5) is 15.9. The van der Waals surface area contributed by atoms with E-state index in [0.29, 0.717) is 12.5 Å². The van der Waals surface area contributed by atoms with Crippen molar-refractivity contribution in [3.63, 3.8) is 0 Å². The highest BCUT2D eigenvalue weighted by atomic mass is 32.1. The molecule has 2 rings (SSSR count). The smallest absolute Gasteiger partial charge is 0.225 e. The van der Waals surface area contributed by atoms with Crippen molar-refractivity contribution in [3.05, 3.63) is 16.6 Å². The van der Waals surface area contributed by atoms with E-state index in [1.807, 2.05) is 5.38 Å². The third-order valence-electron chi connectivity index (χ3n) is 2.78. The van der Waals surface area contributed by atoms with Crippen molar-refractivity contribution in [1.29, 1.82) is 0 Å². The van der Waals surface area contributed by atoms with Gasteiger partial charge in [0.1, 0.15) is 0 Å². The Hall–Kier alpha value is -0.940. The maximum Gasteiger partial charge on any atom is 0.225 e. The van der Waals surface area contributed by atoms with Crippen LogP contribution in [0.3, 0.4) is 0 Å². The number of aromatic nitrogens is 1. The second-order valence-electron chi connectivity index (χ2n) is 3.94. The van der Waals surface area contributed by atoms with Crippen LogP contribution >= 0.6 is 11.3 Å². The average molecular weight is 225 g/mol. The van der Waals surface area contributed by atoms with Gasteiger partial charge in [0.05, 0.1) is 23.7 Å². The van der Waals surface area contributed by atoms with E-state index in [1.54, 1.807) is 16.8 Å². The van der Waals surface area contributed by atoms with Crippen molar-refractivity contribution in [2.24, 2.45) is 11.8 Å². The highest BCUT2D eigenvalue weighted by Crippen LogP contribution is 2.15. The maximum atomic E-state index is 11.8. The summed E-state index contributed by atoms with van der Waals surface area (Å²) in [5.41, 5.74) is 2.72. The summed E-state index contributed by atoms with van der Waals surface area (Å²) < 4.78 is 0. The molecule has 1 aromatic rings. The lowest BCUT2D eigenvalue weighted by molar-refractivity contribution is -0.125. The van der Waals surface area contributed by atoms with Gasteiger partial charge in [0.25, 0.3) is 0 Å². The molecule has 5 heteroatoms. The van der Waals surface area contributed by atoms with Crippen LogP contribution in [0, 0.1) is 11.8 Å². The van der Waals surface area contributed by atoms with Crippen LogP contribution in [0.4, 0.5) is 0 Å². The average Bonchev–Trinajstić information content (AvgIpc) is 2.84. The lowest BCUT2D eigenvalue weighted by Gasteiger charge is -2.13. The van der Waals surface area contributed by atoms with E-state index in [9.17, 15) is 4.79 Å². The van der Waals surface area contributed by atoms with Crippen LogP contribution in [0.2, 0.25) is 0 Å². The van der Waals surface area contributed by atoms with E-state index in [-0.39, 0.29) is 11.8 Å². The van der Waals surface area contributed by atoms with Gasteiger partial charge in [-0.3, -0.25) is 4.79 Å². The summed E-state index contributed by atoms with van der Waals surface area (Å²) in [5, 5.41) is 8.10. The third kappa shape index (κ3) is 2.54. The lowest BCUT2D eigenvalue weighted by Crippen LogP contribution is -2.33. The van der Waals surface area contributed by atoms with E-state index >= 15 is 0 Å². The molecule has 0 spiro atoms. The zero-order valence-corrected chi connectivity index (χ0v) is 9.51. The Balaban J connectivity index is 1.82. The van der Waals surface area contributed by atoms with Gasteiger partial charge in [0.2, 0.25) is 5.91 Å². The summed E-state index contributed by atoms with van der Waals surface area (Å²) in [5.74, 6) is 0.685. The van der Waals surface area contributed by atoms with Gasteiger partial charge in [-0.1, -0.05) is 6.92 Å². The van der Waals surface area contributed by atoms with Crippen LogP contribution in [-0.4, -0.2) is 24.0 Å². The van der Waals surface area contributed by atoms with Crippen molar-refractivity contribution >= 4 is 17.2 Å². The summed E-state index contributed by atoms with van der Waals surface area (Å²) >= 11 is 1.55. The molecule has 2 atom stereocenters. The Morgan fingerprint density at radius 1 is 1.73 bits per heavy atom. The summed E-state index contributed by atoms with van der Waals surface area (Å²) in [6, 6.07) is 0. The number of hydrogen-bond acceptors (Lipinski definition) is 4. The van der Waals surface area contributed by atoms with Crippen molar-refractivity contribution in [3.8, 4) is 0 Å². The van der Waals surface area contributed by atoms with Crippen molar-refractivity contribution in [2.75, 3.05) is 13.1 Å². The van der Waals surface area contributed by atoms with E-state index in [1.165, 1.54) is 0 Å². The third-order valence-corrected chi connectivity index (χ3v) is 3.42. The minimum absolute atomic E-state index is 0.114. The molecule has 1 saturated heterocycles. The van der Waals surface area contributed by atoms with E-state index in [0.717, 1.165) is 18.8 Å². The first kappa shape index (κ1) is 10.6. The quantitative estimate of drug-likeness (QED) is 0.792. The monoisotopic (exact) mass is 225 g/mol. The van der Waals surface area contributed by atoms with Gasteiger partial charge in [-0.05, 0) is 12.5 Å². The molecule has 0 bridgehead atoms. The second kappa shape index (κ2) is 4.72. The number of hydrogen-bond donors (Lipinski definition) is 2. The van der Waals surface area contributed by atoms with Crippen molar-refractivity contribution < 1.29 is 4.79 Å². The predicted molar refractivity (Wildman–Crippen MR) is 59.5 cm³/mol. The van der Waals surface area contributed by atoms with Gasteiger partial charge < -0.3 is 10.6 Å². The molecule has 82 valence electrons. The molecule has 1 aliphatic rings. The summed E-state index contributed by atoms with van der Waals surface area (Å²) in [6.45, 7) is 4.39. The second-order valence-corrected chi connectivity index (χ2v) is 4.66. The van der Waals surface area contributed by atoms with Gasteiger partial charge in [-0.15, -0.1) is 11.3 Å². The molecule has 1 amide bonds. The zero-order chi connectivity index (χ0) is 10.7. The number of nitrogens with zero attached hydrogens (tertiary/aromatic N) is 1. The fraction of sp³-hybridized carbons (Fsp3) is 0.600. The Kier molecular flexibility index (Phi) is 3.33. The number of amides is 1. The number of carbonyl (C=O) groups excluding carboxylic acids is 1. The standard InChI is InChI=1S/C10H15N3OS/c1-7-2-11-4-9(7)10(14)12-3-8-5-15-6-13-8/h5-7,9,11H,2-4H2,1H3,(H,12,14). The Morgan fingerprint density at radius 3 is 3.20 bits per heavy atom. The highest BCUT2D eigenvalue weighted by molar-refractivity contribution is 7.07. The van der Waals surface area contributed by atoms with E-state index in [4.69, 9.17) is 0 Å². The molecule has 2 unspecified atom stereocenters. The van der Waals surface area contributed by atoms with Crippen LogP contribution in [0.25, 0.3) is 0 Å². The predicted octanol–water partition coefficient (Wildman–Crippen LogP) is 0.615. The Labute approximate surface area is 93.1 Å². The molecule has 4 nitrogen and oxygen atoms in total. The molecule has 2 heterocycles.